The van der Waals surface area contributed by atoms with E-state index in [2.05, 4.69) is 55.3 Å². The summed E-state index contributed by atoms with van der Waals surface area (Å²) in [5.41, 5.74) is 2.35. The molecule has 1 N–H and O–H groups in total. The molecule has 1 heterocycles. The summed E-state index contributed by atoms with van der Waals surface area (Å²) in [6.45, 7) is 7.41. The van der Waals surface area contributed by atoms with Crippen LogP contribution in [-0.4, -0.2) is 11.5 Å². The van der Waals surface area contributed by atoms with Gasteiger partial charge in [0.2, 0.25) is 0 Å². The third-order valence-corrected chi connectivity index (χ3v) is 2.72. The highest BCUT2D eigenvalue weighted by atomic mass is 15.0. The van der Waals surface area contributed by atoms with Gasteiger partial charge in [-0.05, 0) is 30.5 Å². The predicted molar refractivity (Wildman–Crippen MR) is 70.0 cm³/mol. The molecule has 1 aromatic heterocycles. The van der Waals surface area contributed by atoms with Crippen molar-refractivity contribution >= 4 is 16.7 Å². The summed E-state index contributed by atoms with van der Waals surface area (Å²) in [4.78, 5) is 4.68. The molecule has 16 heavy (non-hydrogen) atoms. The van der Waals surface area contributed by atoms with Gasteiger partial charge in [-0.1, -0.05) is 32.0 Å². The molecule has 2 aromatic rings. The molecule has 0 saturated carbocycles. The number of nitrogens with zero attached hydrogens (tertiary/aromatic N) is 1. The number of hydrogen-bond donors (Lipinski definition) is 1. The van der Waals surface area contributed by atoms with Gasteiger partial charge in [0.05, 0.1) is 5.52 Å². The van der Waals surface area contributed by atoms with Crippen molar-refractivity contribution in [2.75, 3.05) is 11.9 Å². The highest BCUT2D eigenvalue weighted by Crippen LogP contribution is 2.26. The lowest BCUT2D eigenvalue weighted by molar-refractivity contribution is 0.862. The Morgan fingerprint density at radius 3 is 2.69 bits per heavy atom. The maximum absolute atomic E-state index is 4.68. The van der Waals surface area contributed by atoms with E-state index in [0.717, 1.165) is 17.9 Å². The smallest absolute Gasteiger partial charge is 0.130 e. The first-order valence-corrected chi connectivity index (χ1v) is 5.86. The highest BCUT2D eigenvalue weighted by molar-refractivity contribution is 5.81. The molecule has 0 amide bonds. The fraction of sp³-hybridized carbons (Fsp3) is 0.357. The van der Waals surface area contributed by atoms with Gasteiger partial charge in [0.25, 0.3) is 0 Å². The Labute approximate surface area is 96.7 Å². The van der Waals surface area contributed by atoms with Crippen LogP contribution in [0, 0.1) is 0 Å². The Bertz CT molecular complexity index is 489. The van der Waals surface area contributed by atoms with E-state index in [9.17, 15) is 0 Å². The zero-order valence-electron chi connectivity index (χ0n) is 10.1. The van der Waals surface area contributed by atoms with E-state index in [1.807, 2.05) is 6.07 Å². The lowest BCUT2D eigenvalue weighted by Gasteiger charge is -2.14. The van der Waals surface area contributed by atoms with Gasteiger partial charge >= 0.3 is 0 Å². The van der Waals surface area contributed by atoms with Crippen molar-refractivity contribution < 1.29 is 0 Å². The van der Waals surface area contributed by atoms with E-state index < -0.39 is 0 Å². The number of rotatable bonds is 3. The van der Waals surface area contributed by atoms with Gasteiger partial charge in [0.15, 0.2) is 0 Å². The largest absolute Gasteiger partial charge is 0.370 e. The number of benzene rings is 1. The summed E-state index contributed by atoms with van der Waals surface area (Å²) < 4.78 is 0. The Kier molecular flexibility index (Phi) is 3.09. The normalized spacial score (nSPS) is 11.0. The molecular weight excluding hydrogens is 196 g/mol. The number of hydrogen-bond acceptors (Lipinski definition) is 2. The van der Waals surface area contributed by atoms with E-state index in [-0.39, 0.29) is 0 Å². The average Bonchev–Trinajstić information content (AvgIpc) is 2.28. The van der Waals surface area contributed by atoms with E-state index in [0.29, 0.717) is 5.92 Å². The minimum absolute atomic E-state index is 0.492. The van der Waals surface area contributed by atoms with Crippen molar-refractivity contribution in [3.05, 3.63) is 35.9 Å². The first-order valence-electron chi connectivity index (χ1n) is 5.86. The molecule has 0 saturated heterocycles. The first kappa shape index (κ1) is 10.9. The van der Waals surface area contributed by atoms with Crippen LogP contribution in [0.4, 0.5) is 5.82 Å². The van der Waals surface area contributed by atoms with Gasteiger partial charge in [-0.3, -0.25) is 0 Å². The number of fused-ring (bicyclic) bond motifs is 1. The molecule has 0 fully saturated rings. The minimum Gasteiger partial charge on any atom is -0.370 e. The maximum atomic E-state index is 4.68. The van der Waals surface area contributed by atoms with Crippen LogP contribution >= 0.6 is 0 Å². The van der Waals surface area contributed by atoms with Gasteiger partial charge in [-0.2, -0.15) is 0 Å². The number of anilines is 1. The SMILES string of the molecule is CCNc1nc2ccccc2cc1C(C)C. The molecule has 2 rings (SSSR count). The minimum atomic E-state index is 0.492. The van der Waals surface area contributed by atoms with E-state index in [4.69, 9.17) is 0 Å². The molecule has 0 aliphatic carbocycles. The van der Waals surface area contributed by atoms with Crippen LogP contribution in [0.5, 0.6) is 0 Å². The Balaban J connectivity index is 2.61. The van der Waals surface area contributed by atoms with E-state index in [1.54, 1.807) is 0 Å². The Hall–Kier alpha value is -1.57. The zero-order valence-corrected chi connectivity index (χ0v) is 10.1. The number of para-hydroxylation sites is 1. The summed E-state index contributed by atoms with van der Waals surface area (Å²) >= 11 is 0. The monoisotopic (exact) mass is 214 g/mol. The zero-order chi connectivity index (χ0) is 11.5. The molecule has 0 bridgehead atoms. The van der Waals surface area contributed by atoms with Gasteiger partial charge in [-0.15, -0.1) is 0 Å². The fourth-order valence-corrected chi connectivity index (χ4v) is 1.88. The van der Waals surface area contributed by atoms with E-state index >= 15 is 0 Å². The number of pyridine rings is 1. The second kappa shape index (κ2) is 4.52. The van der Waals surface area contributed by atoms with Crippen molar-refractivity contribution in [3.8, 4) is 0 Å². The summed E-state index contributed by atoms with van der Waals surface area (Å²) in [7, 11) is 0. The van der Waals surface area contributed by atoms with Gasteiger partial charge < -0.3 is 5.32 Å². The third kappa shape index (κ3) is 2.01. The van der Waals surface area contributed by atoms with E-state index in [1.165, 1.54) is 10.9 Å². The molecule has 2 heteroatoms. The lowest BCUT2D eigenvalue weighted by Crippen LogP contribution is -2.04. The van der Waals surface area contributed by atoms with Crippen LogP contribution in [0.15, 0.2) is 30.3 Å². The summed E-state index contributed by atoms with van der Waals surface area (Å²) in [6.07, 6.45) is 0. The lowest BCUT2D eigenvalue weighted by atomic mass is 10.0. The van der Waals surface area contributed by atoms with Crippen molar-refractivity contribution in [2.24, 2.45) is 0 Å². The molecule has 0 atom stereocenters. The average molecular weight is 214 g/mol. The fourth-order valence-electron chi connectivity index (χ4n) is 1.88. The molecule has 1 aromatic carbocycles. The second-order valence-corrected chi connectivity index (χ2v) is 4.30. The predicted octanol–water partition coefficient (Wildman–Crippen LogP) is 3.79. The van der Waals surface area contributed by atoms with Crippen LogP contribution in [0.25, 0.3) is 10.9 Å². The summed E-state index contributed by atoms with van der Waals surface area (Å²) in [5.74, 6) is 1.52. The molecule has 84 valence electrons. The number of nitrogens with one attached hydrogen (secondary N) is 1. The van der Waals surface area contributed by atoms with Gasteiger partial charge in [-0.25, -0.2) is 4.98 Å². The van der Waals surface area contributed by atoms with Gasteiger partial charge in [0.1, 0.15) is 5.82 Å². The van der Waals surface area contributed by atoms with Crippen molar-refractivity contribution in [2.45, 2.75) is 26.7 Å². The maximum Gasteiger partial charge on any atom is 0.130 e. The van der Waals surface area contributed by atoms with Crippen LogP contribution in [0.2, 0.25) is 0 Å². The van der Waals surface area contributed by atoms with Crippen molar-refractivity contribution in [1.29, 1.82) is 0 Å². The van der Waals surface area contributed by atoms with Gasteiger partial charge in [0, 0.05) is 11.9 Å². The molecule has 0 unspecified atom stereocenters. The first-order chi connectivity index (χ1) is 7.72. The highest BCUT2D eigenvalue weighted by Gasteiger charge is 2.08. The molecule has 2 nitrogen and oxygen atoms in total. The Morgan fingerprint density at radius 1 is 1.25 bits per heavy atom. The van der Waals surface area contributed by atoms with Crippen LogP contribution in [0.3, 0.4) is 0 Å². The molecule has 0 aliphatic heterocycles. The van der Waals surface area contributed by atoms with Crippen LogP contribution < -0.4 is 5.32 Å². The second-order valence-electron chi connectivity index (χ2n) is 4.30. The Morgan fingerprint density at radius 2 is 2.00 bits per heavy atom. The third-order valence-electron chi connectivity index (χ3n) is 2.72. The standard InChI is InChI=1S/C14H18N2/c1-4-15-14-12(10(2)3)9-11-7-5-6-8-13(11)16-14/h5-10H,4H2,1-3H3,(H,15,16). The number of aromatic nitrogens is 1. The quantitative estimate of drug-likeness (QED) is 0.840. The summed E-state index contributed by atoms with van der Waals surface area (Å²) in [5, 5.41) is 4.55. The molecular formula is C14H18N2. The topological polar surface area (TPSA) is 24.9 Å². The van der Waals surface area contributed by atoms with Crippen molar-refractivity contribution in [1.82, 2.24) is 4.98 Å². The summed E-state index contributed by atoms with van der Waals surface area (Å²) in [6, 6.07) is 10.5. The molecule has 0 spiro atoms. The molecule has 0 aliphatic rings. The van der Waals surface area contributed by atoms with Crippen molar-refractivity contribution in [3.63, 3.8) is 0 Å². The van der Waals surface area contributed by atoms with Crippen LogP contribution in [-0.2, 0) is 0 Å². The molecule has 0 radical (unpaired) electrons. The van der Waals surface area contributed by atoms with Crippen LogP contribution in [0.1, 0.15) is 32.3 Å².